The van der Waals surface area contributed by atoms with Gasteiger partial charge in [-0.25, -0.2) is 8.42 Å². The predicted molar refractivity (Wildman–Crippen MR) is 123 cm³/mol. The zero-order chi connectivity index (χ0) is 23.2. The van der Waals surface area contributed by atoms with Crippen molar-refractivity contribution in [2.75, 3.05) is 31.3 Å². The predicted octanol–water partition coefficient (Wildman–Crippen LogP) is 2.39. The number of ether oxygens (including phenoxy) is 1. The van der Waals surface area contributed by atoms with Crippen molar-refractivity contribution in [3.8, 4) is 5.75 Å². The Kier molecular flexibility index (Phi) is 8.46. The first-order chi connectivity index (χ1) is 14.6. The molecule has 1 atom stereocenters. The zero-order valence-electron chi connectivity index (χ0n) is 17.8. The van der Waals surface area contributed by atoms with Gasteiger partial charge < -0.3 is 15.0 Å². The van der Waals surface area contributed by atoms with E-state index in [-0.39, 0.29) is 12.5 Å². The number of hydrogen-bond acceptors (Lipinski definition) is 5. The summed E-state index contributed by atoms with van der Waals surface area (Å²) in [5, 5.41) is 2.54. The fourth-order valence-corrected chi connectivity index (χ4v) is 4.09. The number of hydrogen-bond donors (Lipinski definition) is 1. The van der Waals surface area contributed by atoms with Crippen molar-refractivity contribution in [1.82, 2.24) is 10.2 Å². The van der Waals surface area contributed by atoms with Crippen molar-refractivity contribution < 1.29 is 22.7 Å². The van der Waals surface area contributed by atoms with E-state index in [0.717, 1.165) is 20.6 Å². The number of rotatable bonds is 9. The van der Waals surface area contributed by atoms with E-state index in [0.29, 0.717) is 11.4 Å². The summed E-state index contributed by atoms with van der Waals surface area (Å²) in [4.78, 5) is 26.9. The monoisotopic (exact) mass is 511 g/mol. The van der Waals surface area contributed by atoms with Crippen LogP contribution in [0.4, 0.5) is 5.69 Å². The second kappa shape index (κ2) is 10.6. The molecule has 10 heteroatoms. The molecular weight excluding hydrogens is 486 g/mol. The fraction of sp³-hybridized carbons (Fsp3) is 0.333. The number of sulfonamides is 1. The Bertz CT molecular complexity index is 1030. The number of nitrogens with zero attached hydrogens (tertiary/aromatic N) is 2. The van der Waals surface area contributed by atoms with Gasteiger partial charge in [0.2, 0.25) is 21.8 Å². The number of likely N-dealkylation sites (N-methyl/N-ethyl adjacent to an activating group) is 1. The summed E-state index contributed by atoms with van der Waals surface area (Å²) in [6.45, 7) is 1.27. The summed E-state index contributed by atoms with van der Waals surface area (Å²) in [5.74, 6) is -0.247. The molecule has 0 fully saturated rings. The molecule has 168 valence electrons. The van der Waals surface area contributed by atoms with E-state index < -0.39 is 28.5 Å². The molecular formula is C21H26BrN3O5S. The Balaban J connectivity index is 2.37. The van der Waals surface area contributed by atoms with Gasteiger partial charge in [-0.1, -0.05) is 28.1 Å². The molecule has 0 aliphatic carbocycles. The van der Waals surface area contributed by atoms with Gasteiger partial charge in [0, 0.05) is 18.1 Å². The van der Waals surface area contributed by atoms with Crippen molar-refractivity contribution in [3.05, 3.63) is 58.6 Å². The molecule has 1 N–H and O–H groups in total. The number of carbonyl (C=O) groups excluding carboxylic acids is 2. The first-order valence-electron chi connectivity index (χ1n) is 9.44. The van der Waals surface area contributed by atoms with Gasteiger partial charge in [0.25, 0.3) is 0 Å². The fourth-order valence-electron chi connectivity index (χ4n) is 2.98. The molecule has 0 aromatic heterocycles. The van der Waals surface area contributed by atoms with Gasteiger partial charge in [0.05, 0.1) is 19.1 Å². The minimum absolute atomic E-state index is 0.114. The van der Waals surface area contributed by atoms with Gasteiger partial charge >= 0.3 is 0 Å². The molecule has 0 spiro atoms. The lowest BCUT2D eigenvalue weighted by atomic mass is 10.1. The molecule has 2 rings (SSSR count). The normalized spacial score (nSPS) is 12.0. The van der Waals surface area contributed by atoms with Gasteiger partial charge in [-0.15, -0.1) is 0 Å². The average molecular weight is 512 g/mol. The van der Waals surface area contributed by atoms with Crippen LogP contribution in [-0.4, -0.2) is 58.1 Å². The van der Waals surface area contributed by atoms with Crippen LogP contribution in [0.2, 0.25) is 0 Å². The van der Waals surface area contributed by atoms with E-state index in [1.165, 1.54) is 19.1 Å². The van der Waals surface area contributed by atoms with E-state index >= 15 is 0 Å². The summed E-state index contributed by atoms with van der Waals surface area (Å²) < 4.78 is 31.9. The van der Waals surface area contributed by atoms with Crippen molar-refractivity contribution in [2.24, 2.45) is 0 Å². The maximum atomic E-state index is 13.3. The lowest BCUT2D eigenvalue weighted by molar-refractivity contribution is -0.139. The molecule has 0 saturated carbocycles. The van der Waals surface area contributed by atoms with Crippen molar-refractivity contribution in [3.63, 3.8) is 0 Å². The third-order valence-electron chi connectivity index (χ3n) is 4.69. The lowest BCUT2D eigenvalue weighted by Gasteiger charge is -2.31. The third kappa shape index (κ3) is 6.70. The number of anilines is 1. The highest BCUT2D eigenvalue weighted by Gasteiger charge is 2.29. The van der Waals surface area contributed by atoms with Crippen LogP contribution in [0.5, 0.6) is 5.75 Å². The molecule has 0 saturated heterocycles. The standard InChI is InChI=1S/C21H26BrN3O5S/c1-15(21(27)23-2)24(13-16-6-5-7-19(12-16)30-3)20(26)14-25(31(4,28)29)18-10-8-17(22)9-11-18/h5-12,15H,13-14H2,1-4H3,(H,23,27). The summed E-state index contributed by atoms with van der Waals surface area (Å²) in [7, 11) is -0.722. The summed E-state index contributed by atoms with van der Waals surface area (Å²) in [6.07, 6.45) is 1.04. The first kappa shape index (κ1) is 24.7. The smallest absolute Gasteiger partial charge is 0.244 e. The van der Waals surface area contributed by atoms with Crippen LogP contribution >= 0.6 is 15.9 Å². The molecule has 2 aromatic carbocycles. The average Bonchev–Trinajstić information content (AvgIpc) is 2.74. The highest BCUT2D eigenvalue weighted by molar-refractivity contribution is 9.10. The first-order valence-corrected chi connectivity index (χ1v) is 12.1. The summed E-state index contributed by atoms with van der Waals surface area (Å²) >= 11 is 3.31. The minimum atomic E-state index is -3.74. The minimum Gasteiger partial charge on any atom is -0.497 e. The van der Waals surface area contributed by atoms with Crippen LogP contribution in [0.1, 0.15) is 12.5 Å². The molecule has 0 aliphatic rings. The number of amides is 2. The van der Waals surface area contributed by atoms with Crippen molar-refractivity contribution >= 4 is 43.5 Å². The van der Waals surface area contributed by atoms with E-state index in [9.17, 15) is 18.0 Å². The van der Waals surface area contributed by atoms with Crippen LogP contribution < -0.4 is 14.4 Å². The van der Waals surface area contributed by atoms with Crippen molar-refractivity contribution in [1.29, 1.82) is 0 Å². The quantitative estimate of drug-likeness (QED) is 0.557. The maximum absolute atomic E-state index is 13.3. The molecule has 0 radical (unpaired) electrons. The van der Waals surface area contributed by atoms with E-state index in [1.54, 1.807) is 49.4 Å². The molecule has 0 heterocycles. The van der Waals surface area contributed by atoms with Gasteiger partial charge in [-0.05, 0) is 48.9 Å². The van der Waals surface area contributed by atoms with Gasteiger partial charge in [-0.3, -0.25) is 13.9 Å². The van der Waals surface area contributed by atoms with E-state index in [2.05, 4.69) is 21.2 Å². The molecule has 0 bridgehead atoms. The third-order valence-corrected chi connectivity index (χ3v) is 6.36. The molecule has 2 aromatic rings. The van der Waals surface area contributed by atoms with Gasteiger partial charge in [0.1, 0.15) is 18.3 Å². The lowest BCUT2D eigenvalue weighted by Crippen LogP contribution is -2.50. The van der Waals surface area contributed by atoms with E-state index in [4.69, 9.17) is 4.74 Å². The van der Waals surface area contributed by atoms with Crippen LogP contribution in [-0.2, 0) is 26.2 Å². The number of halogens is 1. The topological polar surface area (TPSA) is 96.0 Å². The Morgan fingerprint density at radius 2 is 1.81 bits per heavy atom. The summed E-state index contributed by atoms with van der Waals surface area (Å²) in [5.41, 5.74) is 1.10. The molecule has 1 unspecified atom stereocenters. The molecule has 31 heavy (non-hydrogen) atoms. The molecule has 8 nitrogen and oxygen atoms in total. The second-order valence-corrected chi connectivity index (χ2v) is 9.73. The van der Waals surface area contributed by atoms with Crippen LogP contribution in [0.3, 0.4) is 0 Å². The number of benzene rings is 2. The van der Waals surface area contributed by atoms with E-state index in [1.807, 2.05) is 6.07 Å². The second-order valence-electron chi connectivity index (χ2n) is 6.91. The highest BCUT2D eigenvalue weighted by Crippen LogP contribution is 2.22. The van der Waals surface area contributed by atoms with Crippen LogP contribution in [0.15, 0.2) is 53.0 Å². The Labute approximate surface area is 191 Å². The summed E-state index contributed by atoms with van der Waals surface area (Å²) in [6, 6.07) is 12.9. The SMILES string of the molecule is CNC(=O)C(C)N(Cc1cccc(OC)c1)C(=O)CN(c1ccc(Br)cc1)S(C)(=O)=O. The molecule has 0 aliphatic heterocycles. The Morgan fingerprint density at radius 1 is 1.16 bits per heavy atom. The van der Waals surface area contributed by atoms with Crippen molar-refractivity contribution in [2.45, 2.75) is 19.5 Å². The van der Waals surface area contributed by atoms with Crippen LogP contribution in [0.25, 0.3) is 0 Å². The van der Waals surface area contributed by atoms with Crippen LogP contribution in [0, 0.1) is 0 Å². The number of carbonyl (C=O) groups is 2. The maximum Gasteiger partial charge on any atom is 0.244 e. The molecule has 2 amide bonds. The largest absolute Gasteiger partial charge is 0.497 e. The number of nitrogens with one attached hydrogen (secondary N) is 1. The highest BCUT2D eigenvalue weighted by atomic mass is 79.9. The Hall–Kier alpha value is -2.59. The van der Waals surface area contributed by atoms with Gasteiger partial charge in [0.15, 0.2) is 0 Å². The Morgan fingerprint density at radius 3 is 2.35 bits per heavy atom. The zero-order valence-corrected chi connectivity index (χ0v) is 20.2. The number of methoxy groups -OCH3 is 1. The van der Waals surface area contributed by atoms with Gasteiger partial charge in [-0.2, -0.15) is 0 Å².